The molecule has 1 fully saturated rings. The molecule has 5 nitrogen and oxygen atoms in total. The zero-order valence-electron chi connectivity index (χ0n) is 17.8. The maximum atomic E-state index is 12.8. The van der Waals surface area contributed by atoms with E-state index >= 15 is 0 Å². The fourth-order valence-electron chi connectivity index (χ4n) is 4.05. The number of piperidine rings is 1. The van der Waals surface area contributed by atoms with Crippen LogP contribution in [-0.4, -0.2) is 38.7 Å². The fourth-order valence-corrected chi connectivity index (χ4v) is 4.82. The summed E-state index contributed by atoms with van der Waals surface area (Å²) in [6, 6.07) is 8.52. The Labute approximate surface area is 182 Å². The molecule has 0 N–H and O–H groups in total. The summed E-state index contributed by atoms with van der Waals surface area (Å²) in [7, 11) is 0. The van der Waals surface area contributed by atoms with Crippen molar-refractivity contribution in [2.75, 3.05) is 13.1 Å². The normalized spacial score (nSPS) is 17.0. The number of hydrogen-bond donors (Lipinski definition) is 0. The zero-order valence-corrected chi connectivity index (χ0v) is 18.7. The first-order valence-electron chi connectivity index (χ1n) is 10.5. The second-order valence-electron chi connectivity index (χ2n) is 8.05. The Morgan fingerprint density at radius 2 is 2.03 bits per heavy atom. The molecule has 3 heterocycles. The third-order valence-electron chi connectivity index (χ3n) is 5.82. The molecule has 1 saturated heterocycles. The van der Waals surface area contributed by atoms with Crippen LogP contribution in [0.2, 0.25) is 0 Å². The second kappa shape index (κ2) is 8.96. The summed E-state index contributed by atoms with van der Waals surface area (Å²) < 4.78 is 2.02. The van der Waals surface area contributed by atoms with Gasteiger partial charge in [0.25, 0.3) is 0 Å². The van der Waals surface area contributed by atoms with Gasteiger partial charge in [0, 0.05) is 47.9 Å². The Kier molecular flexibility index (Phi) is 6.13. The van der Waals surface area contributed by atoms with Crippen molar-refractivity contribution in [3.8, 4) is 0 Å². The Morgan fingerprint density at radius 3 is 2.77 bits per heavy atom. The molecule has 0 spiro atoms. The lowest BCUT2D eigenvalue weighted by Gasteiger charge is -2.31. The molecule has 4 rings (SSSR count). The lowest BCUT2D eigenvalue weighted by atomic mass is 9.98. The summed E-state index contributed by atoms with van der Waals surface area (Å²) in [4.78, 5) is 19.2. The quantitative estimate of drug-likeness (QED) is 0.561. The lowest BCUT2D eigenvalue weighted by molar-refractivity contribution is -0.127. The number of rotatable bonds is 5. The monoisotopic (exact) mass is 420 g/mol. The van der Waals surface area contributed by atoms with E-state index in [1.807, 2.05) is 34.2 Å². The Morgan fingerprint density at radius 1 is 1.23 bits per heavy atom. The molecular formula is C24H28N4OS. The molecule has 1 aliphatic rings. The van der Waals surface area contributed by atoms with E-state index in [-0.39, 0.29) is 5.91 Å². The third kappa shape index (κ3) is 4.54. The highest BCUT2D eigenvalue weighted by atomic mass is 32.1. The van der Waals surface area contributed by atoms with Crippen molar-refractivity contribution >= 4 is 23.3 Å². The Bertz CT molecular complexity index is 1030. The van der Waals surface area contributed by atoms with Gasteiger partial charge >= 0.3 is 0 Å². The van der Waals surface area contributed by atoms with Gasteiger partial charge in [0.2, 0.25) is 5.91 Å². The molecular weight excluding hydrogens is 392 g/mol. The number of carbonyl (C=O) groups excluding carboxylic acids is 1. The van der Waals surface area contributed by atoms with Gasteiger partial charge in [0.1, 0.15) is 0 Å². The van der Waals surface area contributed by atoms with E-state index in [1.54, 1.807) is 17.4 Å². The number of aromatic nitrogens is 3. The number of benzene rings is 1. The van der Waals surface area contributed by atoms with Gasteiger partial charge in [-0.05, 0) is 45.3 Å². The van der Waals surface area contributed by atoms with E-state index in [4.69, 9.17) is 5.10 Å². The van der Waals surface area contributed by atoms with Crippen LogP contribution >= 0.6 is 11.3 Å². The highest BCUT2D eigenvalue weighted by Crippen LogP contribution is 2.28. The van der Waals surface area contributed by atoms with Crippen molar-refractivity contribution in [1.82, 2.24) is 19.7 Å². The molecule has 1 unspecified atom stereocenters. The maximum Gasteiger partial charge on any atom is 0.246 e. The topological polar surface area (TPSA) is 51.0 Å². The van der Waals surface area contributed by atoms with Crippen molar-refractivity contribution in [1.29, 1.82) is 0 Å². The molecule has 1 amide bonds. The SMILES string of the molecule is Cc1ccc(Cn2nc(C)c(/C=C/C(=O)N3CCCC(c4nccs4)C3)c2C)cc1. The van der Waals surface area contributed by atoms with Gasteiger partial charge < -0.3 is 4.90 Å². The highest BCUT2D eigenvalue weighted by Gasteiger charge is 2.25. The summed E-state index contributed by atoms with van der Waals surface area (Å²) in [5, 5.41) is 7.85. The van der Waals surface area contributed by atoms with Crippen LogP contribution in [0.3, 0.4) is 0 Å². The Balaban J connectivity index is 1.45. The summed E-state index contributed by atoms with van der Waals surface area (Å²) >= 11 is 1.68. The molecule has 0 bridgehead atoms. The number of hydrogen-bond acceptors (Lipinski definition) is 4. The van der Waals surface area contributed by atoms with Crippen LogP contribution in [0.15, 0.2) is 41.9 Å². The van der Waals surface area contributed by atoms with Gasteiger partial charge in [0.05, 0.1) is 17.2 Å². The van der Waals surface area contributed by atoms with Crippen molar-refractivity contribution in [3.63, 3.8) is 0 Å². The van der Waals surface area contributed by atoms with Crippen LogP contribution in [0.1, 0.15) is 51.8 Å². The van der Waals surface area contributed by atoms with Crippen molar-refractivity contribution in [2.45, 2.75) is 46.1 Å². The number of nitrogens with zero attached hydrogens (tertiary/aromatic N) is 4. The van der Waals surface area contributed by atoms with Crippen molar-refractivity contribution < 1.29 is 4.79 Å². The van der Waals surface area contributed by atoms with Crippen LogP contribution in [0.4, 0.5) is 0 Å². The Hall–Kier alpha value is -2.73. The minimum atomic E-state index is 0.0707. The molecule has 156 valence electrons. The summed E-state index contributed by atoms with van der Waals surface area (Å²) in [6.07, 6.45) is 7.61. The molecule has 6 heteroatoms. The molecule has 2 aromatic heterocycles. The molecule has 0 aliphatic carbocycles. The summed E-state index contributed by atoms with van der Waals surface area (Å²) in [5.41, 5.74) is 5.53. The fraction of sp³-hybridized carbons (Fsp3) is 0.375. The van der Waals surface area contributed by atoms with E-state index in [1.165, 1.54) is 11.1 Å². The van der Waals surface area contributed by atoms with E-state index in [9.17, 15) is 4.79 Å². The third-order valence-corrected chi connectivity index (χ3v) is 6.75. The smallest absolute Gasteiger partial charge is 0.246 e. The molecule has 1 aliphatic heterocycles. The van der Waals surface area contributed by atoms with Gasteiger partial charge in [-0.25, -0.2) is 4.98 Å². The van der Waals surface area contributed by atoms with Crippen molar-refractivity contribution in [2.24, 2.45) is 0 Å². The van der Waals surface area contributed by atoms with E-state index in [2.05, 4.69) is 43.1 Å². The second-order valence-corrected chi connectivity index (χ2v) is 8.98. The van der Waals surface area contributed by atoms with Crippen LogP contribution in [0.25, 0.3) is 6.08 Å². The molecule has 1 aromatic carbocycles. The average Bonchev–Trinajstić information content (AvgIpc) is 3.37. The van der Waals surface area contributed by atoms with Gasteiger partial charge in [0.15, 0.2) is 0 Å². The largest absolute Gasteiger partial charge is 0.338 e. The summed E-state index contributed by atoms with van der Waals surface area (Å²) in [5.74, 6) is 0.429. The number of aryl methyl sites for hydroxylation is 2. The number of amides is 1. The maximum absolute atomic E-state index is 12.8. The minimum Gasteiger partial charge on any atom is -0.338 e. The predicted octanol–water partition coefficient (Wildman–Crippen LogP) is 4.73. The molecule has 0 radical (unpaired) electrons. The molecule has 3 aromatic rings. The zero-order chi connectivity index (χ0) is 21.1. The molecule has 0 saturated carbocycles. The number of carbonyl (C=O) groups is 1. The van der Waals surface area contributed by atoms with Gasteiger partial charge in [-0.1, -0.05) is 29.8 Å². The number of likely N-dealkylation sites (tertiary alicyclic amines) is 1. The molecule has 1 atom stereocenters. The van der Waals surface area contributed by atoms with E-state index in [0.29, 0.717) is 5.92 Å². The van der Waals surface area contributed by atoms with Crippen molar-refractivity contribution in [3.05, 3.63) is 75.0 Å². The van der Waals surface area contributed by atoms with Crippen LogP contribution in [-0.2, 0) is 11.3 Å². The van der Waals surface area contributed by atoms with Crippen LogP contribution in [0.5, 0.6) is 0 Å². The van der Waals surface area contributed by atoms with E-state index in [0.717, 1.165) is 54.4 Å². The lowest BCUT2D eigenvalue weighted by Crippen LogP contribution is -2.38. The standard InChI is InChI=1S/C24H28N4OS/c1-17-6-8-20(9-7-17)15-28-19(3)22(18(2)26-28)10-11-23(29)27-13-4-5-21(16-27)24-25-12-14-30-24/h6-12,14,21H,4-5,13,15-16H2,1-3H3/b11-10+. The first kappa shape index (κ1) is 20.5. The van der Waals surface area contributed by atoms with Gasteiger partial charge in [-0.15, -0.1) is 11.3 Å². The van der Waals surface area contributed by atoms with Gasteiger partial charge in [-0.2, -0.15) is 5.10 Å². The first-order valence-corrected chi connectivity index (χ1v) is 11.3. The van der Waals surface area contributed by atoms with E-state index < -0.39 is 0 Å². The summed E-state index contributed by atoms with van der Waals surface area (Å²) in [6.45, 7) is 8.46. The highest BCUT2D eigenvalue weighted by molar-refractivity contribution is 7.09. The van der Waals surface area contributed by atoms with Gasteiger partial charge in [-0.3, -0.25) is 9.48 Å². The predicted molar refractivity (Wildman–Crippen MR) is 122 cm³/mol. The minimum absolute atomic E-state index is 0.0707. The first-order chi connectivity index (χ1) is 14.5. The average molecular weight is 421 g/mol. The van der Waals surface area contributed by atoms with Crippen LogP contribution in [0, 0.1) is 20.8 Å². The molecule has 30 heavy (non-hydrogen) atoms. The number of thiazole rings is 1. The van der Waals surface area contributed by atoms with Crippen LogP contribution < -0.4 is 0 Å².